The van der Waals surface area contributed by atoms with Crippen molar-refractivity contribution in [1.29, 1.82) is 0 Å². The highest BCUT2D eigenvalue weighted by Crippen LogP contribution is 2.38. The summed E-state index contributed by atoms with van der Waals surface area (Å²) in [6, 6.07) is 22.8. The average molecular weight is 385 g/mol. The van der Waals surface area contributed by atoms with Gasteiger partial charge in [-0.15, -0.1) is 0 Å². The first-order valence-electron chi connectivity index (χ1n) is 9.55. The molecule has 0 aliphatic rings. The van der Waals surface area contributed by atoms with Gasteiger partial charge in [-0.1, -0.05) is 30.3 Å². The molecule has 3 aromatic carbocycles. The fourth-order valence-corrected chi connectivity index (χ4v) is 3.66. The van der Waals surface area contributed by atoms with E-state index in [2.05, 4.69) is 16.8 Å². The molecule has 0 atom stereocenters. The number of carbonyl (C=O) groups is 1. The van der Waals surface area contributed by atoms with Crippen LogP contribution >= 0.6 is 0 Å². The minimum atomic E-state index is -0.142. The highest BCUT2D eigenvalue weighted by atomic mass is 16.5. The van der Waals surface area contributed by atoms with Crippen LogP contribution in [0.2, 0.25) is 0 Å². The van der Waals surface area contributed by atoms with Gasteiger partial charge in [0.2, 0.25) is 0 Å². The number of benzene rings is 3. The van der Waals surface area contributed by atoms with Crippen LogP contribution in [0.5, 0.6) is 5.75 Å². The number of hydrogen-bond acceptors (Lipinski definition) is 3. The average Bonchev–Trinajstić information content (AvgIpc) is 3.05. The number of nitrogens with zero attached hydrogens (tertiary/aromatic N) is 1. The minimum absolute atomic E-state index is 0.142. The number of hydrogen-bond donors (Lipinski definition) is 2. The van der Waals surface area contributed by atoms with Crippen LogP contribution in [0.25, 0.3) is 22.2 Å². The molecule has 1 aromatic heterocycles. The van der Waals surface area contributed by atoms with Gasteiger partial charge in [0.1, 0.15) is 5.75 Å². The number of amides is 1. The molecule has 29 heavy (non-hydrogen) atoms. The molecule has 0 aliphatic heterocycles. The molecule has 146 valence electrons. The van der Waals surface area contributed by atoms with Crippen molar-refractivity contribution in [2.24, 2.45) is 0 Å². The fourth-order valence-electron chi connectivity index (χ4n) is 3.66. The summed E-state index contributed by atoms with van der Waals surface area (Å²) in [5.41, 5.74) is 11.5. The summed E-state index contributed by atoms with van der Waals surface area (Å²) in [6.45, 7) is 2.85. The zero-order valence-electron chi connectivity index (χ0n) is 16.5. The van der Waals surface area contributed by atoms with Crippen LogP contribution in [-0.4, -0.2) is 17.6 Å². The number of methoxy groups -OCH3 is 1. The van der Waals surface area contributed by atoms with Gasteiger partial charge in [-0.2, -0.15) is 0 Å². The summed E-state index contributed by atoms with van der Waals surface area (Å²) < 4.78 is 7.55. The van der Waals surface area contributed by atoms with Gasteiger partial charge in [-0.3, -0.25) is 4.79 Å². The van der Waals surface area contributed by atoms with E-state index in [9.17, 15) is 4.79 Å². The number of rotatable bonds is 5. The van der Waals surface area contributed by atoms with Gasteiger partial charge < -0.3 is 20.4 Å². The van der Waals surface area contributed by atoms with Gasteiger partial charge in [0.05, 0.1) is 24.0 Å². The van der Waals surface area contributed by atoms with E-state index >= 15 is 0 Å². The van der Waals surface area contributed by atoms with E-state index in [1.54, 1.807) is 19.2 Å². The van der Waals surface area contributed by atoms with Gasteiger partial charge >= 0.3 is 0 Å². The largest absolute Gasteiger partial charge is 0.497 e. The molecule has 4 rings (SSSR count). The minimum Gasteiger partial charge on any atom is -0.497 e. The second-order valence-electron chi connectivity index (χ2n) is 6.79. The van der Waals surface area contributed by atoms with Crippen molar-refractivity contribution < 1.29 is 9.53 Å². The summed E-state index contributed by atoms with van der Waals surface area (Å²) in [5.74, 6) is 0.650. The second-order valence-corrected chi connectivity index (χ2v) is 6.79. The van der Waals surface area contributed by atoms with Crippen molar-refractivity contribution in [3.8, 4) is 17.0 Å². The normalized spacial score (nSPS) is 10.8. The van der Waals surface area contributed by atoms with Gasteiger partial charge in [-0.05, 0) is 43.3 Å². The van der Waals surface area contributed by atoms with Crippen molar-refractivity contribution in [1.82, 2.24) is 4.57 Å². The first-order chi connectivity index (χ1) is 14.1. The Morgan fingerprint density at radius 2 is 1.83 bits per heavy atom. The van der Waals surface area contributed by atoms with Crippen LogP contribution in [0.1, 0.15) is 17.3 Å². The molecule has 0 saturated carbocycles. The molecule has 0 saturated heterocycles. The quantitative estimate of drug-likeness (QED) is 0.498. The summed E-state index contributed by atoms with van der Waals surface area (Å²) in [4.78, 5) is 12.5. The Bertz CT molecular complexity index is 1180. The van der Waals surface area contributed by atoms with Crippen molar-refractivity contribution >= 4 is 28.2 Å². The summed E-state index contributed by atoms with van der Waals surface area (Å²) >= 11 is 0. The topological polar surface area (TPSA) is 69.3 Å². The Hall–Kier alpha value is -3.73. The van der Waals surface area contributed by atoms with Crippen LogP contribution in [0.4, 0.5) is 11.4 Å². The molecule has 4 aromatic rings. The lowest BCUT2D eigenvalue weighted by atomic mass is 10.1. The van der Waals surface area contributed by atoms with Crippen LogP contribution in [0.3, 0.4) is 0 Å². The highest BCUT2D eigenvalue weighted by Gasteiger charge is 2.17. The third-order valence-electron chi connectivity index (χ3n) is 5.06. The van der Waals surface area contributed by atoms with Crippen LogP contribution in [-0.2, 0) is 6.54 Å². The van der Waals surface area contributed by atoms with E-state index in [-0.39, 0.29) is 5.91 Å². The Kier molecular flexibility index (Phi) is 4.96. The summed E-state index contributed by atoms with van der Waals surface area (Å²) in [7, 11) is 1.66. The lowest BCUT2D eigenvalue weighted by Crippen LogP contribution is -2.11. The molecule has 3 N–H and O–H groups in total. The molecular formula is C24H23N3O2. The number of aryl methyl sites for hydroxylation is 1. The molecule has 1 amide bonds. The number of ether oxygens (including phenoxy) is 1. The van der Waals surface area contributed by atoms with Gasteiger partial charge in [-0.25, -0.2) is 0 Å². The van der Waals surface area contributed by atoms with Crippen molar-refractivity contribution in [3.05, 3.63) is 78.4 Å². The van der Waals surface area contributed by atoms with Gasteiger partial charge in [0.15, 0.2) is 0 Å². The number of nitrogen functional groups attached to an aromatic ring is 1. The number of nitrogens with one attached hydrogen (secondary N) is 1. The van der Waals surface area contributed by atoms with E-state index in [4.69, 9.17) is 10.5 Å². The summed E-state index contributed by atoms with van der Waals surface area (Å²) in [5, 5.41) is 3.96. The molecule has 0 fully saturated rings. The number of anilines is 2. The monoisotopic (exact) mass is 385 g/mol. The first-order valence-corrected chi connectivity index (χ1v) is 9.55. The van der Waals surface area contributed by atoms with E-state index in [1.807, 2.05) is 60.7 Å². The standard InChI is InChI=1S/C24H23N3O2/c1-3-27-21-15-19(29-2)12-13-20(21)22(25)23(27)17-10-7-11-18(14-17)26-24(28)16-8-5-4-6-9-16/h4-15H,3,25H2,1-2H3,(H,26,28). The van der Waals surface area contributed by atoms with Crippen molar-refractivity contribution in [2.75, 3.05) is 18.2 Å². The van der Waals surface area contributed by atoms with E-state index in [0.29, 0.717) is 5.56 Å². The third-order valence-corrected chi connectivity index (χ3v) is 5.06. The maximum atomic E-state index is 12.5. The smallest absolute Gasteiger partial charge is 0.255 e. The van der Waals surface area contributed by atoms with E-state index in [0.717, 1.165) is 45.8 Å². The fraction of sp³-hybridized carbons (Fsp3) is 0.125. The highest BCUT2D eigenvalue weighted by molar-refractivity contribution is 6.05. The predicted molar refractivity (Wildman–Crippen MR) is 118 cm³/mol. The number of aromatic nitrogens is 1. The zero-order valence-corrected chi connectivity index (χ0v) is 16.5. The first kappa shape index (κ1) is 18.6. The maximum Gasteiger partial charge on any atom is 0.255 e. The number of fused-ring (bicyclic) bond motifs is 1. The van der Waals surface area contributed by atoms with E-state index < -0.39 is 0 Å². The molecule has 0 unspecified atom stereocenters. The molecule has 5 nitrogen and oxygen atoms in total. The zero-order chi connectivity index (χ0) is 20.4. The molecule has 1 heterocycles. The summed E-state index contributed by atoms with van der Waals surface area (Å²) in [6.07, 6.45) is 0. The van der Waals surface area contributed by atoms with Crippen LogP contribution in [0.15, 0.2) is 72.8 Å². The number of nitrogens with two attached hydrogens (primary N) is 1. The second kappa shape index (κ2) is 7.72. The lowest BCUT2D eigenvalue weighted by molar-refractivity contribution is 0.102. The molecule has 0 aliphatic carbocycles. The molecule has 5 heteroatoms. The van der Waals surface area contributed by atoms with Gasteiger partial charge in [0.25, 0.3) is 5.91 Å². The van der Waals surface area contributed by atoms with Crippen LogP contribution < -0.4 is 15.8 Å². The number of carbonyl (C=O) groups excluding carboxylic acids is 1. The molecule has 0 bridgehead atoms. The maximum absolute atomic E-state index is 12.5. The SMILES string of the molecule is CCn1c(-c2cccc(NC(=O)c3ccccc3)c2)c(N)c2ccc(OC)cc21. The van der Waals surface area contributed by atoms with Crippen LogP contribution in [0, 0.1) is 0 Å². The lowest BCUT2D eigenvalue weighted by Gasteiger charge is -2.11. The van der Waals surface area contributed by atoms with Crippen molar-refractivity contribution in [2.45, 2.75) is 13.5 Å². The molecule has 0 spiro atoms. The van der Waals surface area contributed by atoms with Crippen molar-refractivity contribution in [3.63, 3.8) is 0 Å². The third kappa shape index (κ3) is 3.43. The van der Waals surface area contributed by atoms with E-state index in [1.165, 1.54) is 0 Å². The Labute approximate surface area is 169 Å². The molecule has 0 radical (unpaired) electrons. The Morgan fingerprint density at radius 3 is 2.55 bits per heavy atom. The Balaban J connectivity index is 1.76. The Morgan fingerprint density at radius 1 is 1.03 bits per heavy atom. The van der Waals surface area contributed by atoms with Gasteiger partial charge in [0, 0.05) is 34.8 Å². The molecular weight excluding hydrogens is 362 g/mol. The predicted octanol–water partition coefficient (Wildman–Crippen LogP) is 5.17.